The fourth-order valence-electron chi connectivity index (χ4n) is 2.97. The summed E-state index contributed by atoms with van der Waals surface area (Å²) in [7, 11) is -4.13. The standard InChI is InChI=1S/C19H18N2O5S/c1-12-5-8-15(9-6-12)27(24,25)21-16(19(22)23)11-13-7-10-17(20-18(13)21)26-14-3-2-4-14/h5-11,14H,2-4H2,1H3,(H,22,23). The Morgan fingerprint density at radius 3 is 2.48 bits per heavy atom. The molecule has 8 heteroatoms. The van der Waals surface area contributed by atoms with Crippen molar-refractivity contribution in [1.82, 2.24) is 8.96 Å². The Morgan fingerprint density at radius 1 is 1.19 bits per heavy atom. The number of hydrogen-bond acceptors (Lipinski definition) is 5. The molecule has 0 spiro atoms. The predicted molar refractivity (Wildman–Crippen MR) is 98.7 cm³/mol. The number of carboxylic acid groups (broad SMARTS) is 1. The van der Waals surface area contributed by atoms with E-state index in [-0.39, 0.29) is 22.3 Å². The average molecular weight is 386 g/mol. The summed E-state index contributed by atoms with van der Waals surface area (Å²) >= 11 is 0. The molecule has 3 aromatic rings. The molecule has 1 fully saturated rings. The number of hydrogen-bond donors (Lipinski definition) is 1. The molecule has 2 aromatic heterocycles. The van der Waals surface area contributed by atoms with Gasteiger partial charge in [-0.15, -0.1) is 0 Å². The Kier molecular flexibility index (Phi) is 4.15. The fraction of sp³-hybridized carbons (Fsp3) is 0.263. The summed E-state index contributed by atoms with van der Waals surface area (Å²) in [4.78, 5) is 16.0. The van der Waals surface area contributed by atoms with Crippen molar-refractivity contribution < 1.29 is 23.1 Å². The molecule has 27 heavy (non-hydrogen) atoms. The number of fused-ring (bicyclic) bond motifs is 1. The second-order valence-corrected chi connectivity index (χ2v) is 8.44. The predicted octanol–water partition coefficient (Wildman–Crippen LogP) is 3.21. The van der Waals surface area contributed by atoms with Crippen LogP contribution in [0.2, 0.25) is 0 Å². The van der Waals surface area contributed by atoms with Crippen molar-refractivity contribution in [2.45, 2.75) is 37.2 Å². The lowest BCUT2D eigenvalue weighted by molar-refractivity contribution is 0.0689. The Morgan fingerprint density at radius 2 is 1.89 bits per heavy atom. The molecule has 1 aliphatic carbocycles. The largest absolute Gasteiger partial charge is 0.477 e. The Bertz CT molecular complexity index is 1130. The van der Waals surface area contributed by atoms with Gasteiger partial charge in [0.15, 0.2) is 5.65 Å². The molecule has 0 radical (unpaired) electrons. The highest BCUT2D eigenvalue weighted by molar-refractivity contribution is 7.90. The minimum absolute atomic E-state index is 0.000198. The molecule has 1 saturated carbocycles. The van der Waals surface area contributed by atoms with E-state index in [4.69, 9.17) is 4.74 Å². The maximum absolute atomic E-state index is 13.2. The first kappa shape index (κ1) is 17.5. The lowest BCUT2D eigenvalue weighted by Crippen LogP contribution is -2.25. The molecule has 0 amide bonds. The number of aromatic carboxylic acids is 1. The quantitative estimate of drug-likeness (QED) is 0.723. The molecule has 0 atom stereocenters. The summed E-state index contributed by atoms with van der Waals surface area (Å²) in [6, 6.07) is 10.8. The topological polar surface area (TPSA) is 98.5 Å². The van der Waals surface area contributed by atoms with Crippen molar-refractivity contribution in [3.8, 4) is 5.88 Å². The normalized spacial score (nSPS) is 14.9. The first-order valence-corrected chi connectivity index (χ1v) is 10.0. The van der Waals surface area contributed by atoms with Gasteiger partial charge in [0.05, 0.1) is 4.90 Å². The smallest absolute Gasteiger partial charge is 0.353 e. The molecule has 0 bridgehead atoms. The summed E-state index contributed by atoms with van der Waals surface area (Å²) in [6.45, 7) is 1.84. The van der Waals surface area contributed by atoms with Crippen LogP contribution in [0.25, 0.3) is 11.0 Å². The SMILES string of the molecule is Cc1ccc(S(=O)(=O)n2c(C(=O)O)cc3ccc(OC4CCC4)nc32)cc1. The number of aryl methyl sites for hydroxylation is 1. The molecule has 2 heterocycles. The molecular weight excluding hydrogens is 368 g/mol. The fourth-order valence-corrected chi connectivity index (χ4v) is 4.42. The lowest BCUT2D eigenvalue weighted by atomic mass is 9.96. The molecule has 1 N–H and O–H groups in total. The van der Waals surface area contributed by atoms with Gasteiger partial charge in [-0.3, -0.25) is 0 Å². The Labute approximate surface area is 156 Å². The third-order valence-corrected chi connectivity index (χ3v) is 6.42. The highest BCUT2D eigenvalue weighted by atomic mass is 32.2. The minimum Gasteiger partial charge on any atom is -0.477 e. The van der Waals surface area contributed by atoms with Gasteiger partial charge in [0, 0.05) is 11.5 Å². The van der Waals surface area contributed by atoms with E-state index in [9.17, 15) is 18.3 Å². The number of carboxylic acids is 1. The Balaban J connectivity index is 1.90. The van der Waals surface area contributed by atoms with Crippen LogP contribution in [-0.2, 0) is 10.0 Å². The summed E-state index contributed by atoms with van der Waals surface area (Å²) in [5.74, 6) is -1.05. The first-order valence-electron chi connectivity index (χ1n) is 8.61. The second kappa shape index (κ2) is 6.38. The summed E-state index contributed by atoms with van der Waals surface area (Å²) < 4.78 is 32.9. The minimum atomic E-state index is -4.13. The van der Waals surface area contributed by atoms with Crippen LogP contribution in [0, 0.1) is 6.92 Å². The molecule has 1 aliphatic rings. The monoisotopic (exact) mass is 386 g/mol. The van der Waals surface area contributed by atoms with E-state index >= 15 is 0 Å². The molecule has 7 nitrogen and oxygen atoms in total. The second-order valence-electron chi connectivity index (χ2n) is 6.65. The molecular formula is C19H18N2O5S. The molecule has 0 saturated heterocycles. The van der Waals surface area contributed by atoms with Gasteiger partial charge in [-0.2, -0.15) is 4.98 Å². The van der Waals surface area contributed by atoms with Gasteiger partial charge in [-0.1, -0.05) is 17.7 Å². The van der Waals surface area contributed by atoms with E-state index in [1.54, 1.807) is 24.3 Å². The summed E-state index contributed by atoms with van der Waals surface area (Å²) in [5.41, 5.74) is 0.586. The first-order chi connectivity index (χ1) is 12.9. The van der Waals surface area contributed by atoms with E-state index in [0.29, 0.717) is 11.3 Å². The maximum atomic E-state index is 13.2. The van der Waals surface area contributed by atoms with E-state index in [1.807, 2.05) is 6.92 Å². The molecule has 4 rings (SSSR count). The molecule has 0 aliphatic heterocycles. The van der Waals surface area contributed by atoms with E-state index in [2.05, 4.69) is 4.98 Å². The van der Waals surface area contributed by atoms with Gasteiger partial charge in [0.2, 0.25) is 5.88 Å². The number of pyridine rings is 1. The van der Waals surface area contributed by atoms with Crippen LogP contribution in [0.15, 0.2) is 47.4 Å². The van der Waals surface area contributed by atoms with Crippen LogP contribution in [0.1, 0.15) is 35.3 Å². The van der Waals surface area contributed by atoms with Crippen LogP contribution < -0.4 is 4.74 Å². The zero-order valence-corrected chi connectivity index (χ0v) is 15.4. The highest BCUT2D eigenvalue weighted by Gasteiger charge is 2.28. The van der Waals surface area contributed by atoms with Crippen LogP contribution >= 0.6 is 0 Å². The van der Waals surface area contributed by atoms with Crippen molar-refractivity contribution in [2.24, 2.45) is 0 Å². The van der Waals surface area contributed by atoms with Gasteiger partial charge in [-0.05, 0) is 50.5 Å². The van der Waals surface area contributed by atoms with Crippen LogP contribution in [-0.4, -0.2) is 34.6 Å². The molecule has 140 valence electrons. The van der Waals surface area contributed by atoms with Crippen molar-refractivity contribution >= 4 is 27.0 Å². The number of nitrogens with zero attached hydrogens (tertiary/aromatic N) is 2. The van der Waals surface area contributed by atoms with Crippen LogP contribution in [0.3, 0.4) is 0 Å². The zero-order valence-electron chi connectivity index (χ0n) is 14.6. The number of aromatic nitrogens is 2. The number of carbonyl (C=O) groups is 1. The zero-order chi connectivity index (χ0) is 19.2. The van der Waals surface area contributed by atoms with E-state index < -0.39 is 16.0 Å². The van der Waals surface area contributed by atoms with E-state index in [0.717, 1.165) is 28.8 Å². The third kappa shape index (κ3) is 3.06. The van der Waals surface area contributed by atoms with Gasteiger partial charge in [0.25, 0.3) is 10.0 Å². The van der Waals surface area contributed by atoms with Crippen LogP contribution in [0.4, 0.5) is 0 Å². The van der Waals surface area contributed by atoms with Crippen molar-refractivity contribution in [2.75, 3.05) is 0 Å². The molecule has 1 aromatic carbocycles. The van der Waals surface area contributed by atoms with E-state index in [1.165, 1.54) is 18.2 Å². The third-order valence-electron chi connectivity index (χ3n) is 4.70. The summed E-state index contributed by atoms with van der Waals surface area (Å²) in [5, 5.41) is 9.96. The van der Waals surface area contributed by atoms with Crippen molar-refractivity contribution in [1.29, 1.82) is 0 Å². The lowest BCUT2D eigenvalue weighted by Gasteiger charge is -2.25. The van der Waals surface area contributed by atoms with Gasteiger partial charge in [-0.25, -0.2) is 17.2 Å². The van der Waals surface area contributed by atoms with Gasteiger partial charge in [0.1, 0.15) is 11.8 Å². The summed E-state index contributed by atoms with van der Waals surface area (Å²) in [6.07, 6.45) is 3.03. The number of ether oxygens (including phenoxy) is 1. The number of benzene rings is 1. The van der Waals surface area contributed by atoms with Gasteiger partial charge < -0.3 is 9.84 Å². The van der Waals surface area contributed by atoms with Crippen molar-refractivity contribution in [3.63, 3.8) is 0 Å². The van der Waals surface area contributed by atoms with Crippen molar-refractivity contribution in [3.05, 3.63) is 53.7 Å². The average Bonchev–Trinajstić information content (AvgIpc) is 2.98. The maximum Gasteiger partial charge on any atom is 0.353 e. The van der Waals surface area contributed by atoms with Crippen LogP contribution in [0.5, 0.6) is 5.88 Å². The number of rotatable bonds is 5. The molecule has 0 unspecified atom stereocenters. The highest BCUT2D eigenvalue weighted by Crippen LogP contribution is 2.29. The van der Waals surface area contributed by atoms with Gasteiger partial charge >= 0.3 is 5.97 Å². The Hall–Kier alpha value is -2.87.